The number of hydrogen-bond donors (Lipinski definition) is 4. The topological polar surface area (TPSA) is 120 Å². The second-order valence-corrected chi connectivity index (χ2v) is 6.74. The van der Waals surface area contributed by atoms with Crippen LogP contribution in [0.4, 0.5) is 0 Å². The van der Waals surface area contributed by atoms with Gasteiger partial charge in [0.1, 0.15) is 40.1 Å². The molecule has 0 spiro atoms. The molecular formula is C21H14O7. The Morgan fingerprint density at radius 1 is 0.857 bits per heavy atom. The second kappa shape index (κ2) is 5.56. The Kier molecular flexibility index (Phi) is 3.24. The van der Waals surface area contributed by atoms with Gasteiger partial charge in [-0.2, -0.15) is 0 Å². The normalized spacial score (nSPS) is 16.3. The fourth-order valence-electron chi connectivity index (χ4n) is 3.63. The first-order valence-corrected chi connectivity index (χ1v) is 8.55. The van der Waals surface area contributed by atoms with E-state index >= 15 is 0 Å². The molecule has 1 aliphatic rings. The highest BCUT2D eigenvalue weighted by molar-refractivity contribution is 6.16. The number of rotatable bonds is 1. The molecule has 1 atom stereocenters. The predicted octanol–water partition coefficient (Wildman–Crippen LogP) is 4.11. The summed E-state index contributed by atoms with van der Waals surface area (Å²) in [6.07, 6.45) is -0.583. The lowest BCUT2D eigenvalue weighted by atomic mass is 9.93. The van der Waals surface area contributed by atoms with Gasteiger partial charge in [0, 0.05) is 17.5 Å². The van der Waals surface area contributed by atoms with E-state index in [1.165, 1.54) is 30.3 Å². The van der Waals surface area contributed by atoms with Crippen LogP contribution in [0.2, 0.25) is 0 Å². The van der Waals surface area contributed by atoms with Crippen LogP contribution in [0.25, 0.3) is 21.9 Å². The molecule has 28 heavy (non-hydrogen) atoms. The Morgan fingerprint density at radius 2 is 1.54 bits per heavy atom. The van der Waals surface area contributed by atoms with Gasteiger partial charge in [-0.05, 0) is 23.8 Å². The number of phenolic OH excluding ortho intramolecular Hbond substituents is 4. The number of ether oxygens (including phenoxy) is 1. The van der Waals surface area contributed by atoms with Crippen LogP contribution in [-0.2, 0) is 0 Å². The zero-order chi connectivity index (χ0) is 19.6. The maximum Gasteiger partial charge on any atom is 0.174 e. The number of furan rings is 1. The number of benzene rings is 3. The van der Waals surface area contributed by atoms with Crippen molar-refractivity contribution in [3.8, 4) is 28.7 Å². The highest BCUT2D eigenvalue weighted by Crippen LogP contribution is 2.48. The number of carbonyl (C=O) groups excluding carboxylic acids is 1. The molecule has 7 nitrogen and oxygen atoms in total. The van der Waals surface area contributed by atoms with Gasteiger partial charge in [-0.15, -0.1) is 0 Å². The molecule has 2 heterocycles. The van der Waals surface area contributed by atoms with E-state index in [-0.39, 0.29) is 57.7 Å². The summed E-state index contributed by atoms with van der Waals surface area (Å²) in [7, 11) is 0. The van der Waals surface area contributed by atoms with Crippen LogP contribution < -0.4 is 4.74 Å². The van der Waals surface area contributed by atoms with E-state index in [1.807, 2.05) is 0 Å². The standard InChI is InChI=1S/C21H14O7/c22-10-3-1-9(2-4-10)16-7-14(25)20-15(26)8-18-19(21(20)28-16)11-5-12(23)13(24)6-17(11)27-18/h1-6,8,16,22-24,26H,7H2/t16-/m1/s1. The van der Waals surface area contributed by atoms with Crippen LogP contribution in [0.3, 0.4) is 0 Å². The van der Waals surface area contributed by atoms with Gasteiger partial charge in [0.05, 0.1) is 11.8 Å². The van der Waals surface area contributed by atoms with Crippen molar-refractivity contribution < 1.29 is 34.4 Å². The summed E-state index contributed by atoms with van der Waals surface area (Å²) in [5.74, 6) is -0.978. The third kappa shape index (κ3) is 2.26. The average Bonchev–Trinajstić information content (AvgIpc) is 2.99. The zero-order valence-electron chi connectivity index (χ0n) is 14.3. The van der Waals surface area contributed by atoms with E-state index in [0.717, 1.165) is 0 Å². The molecule has 3 aromatic carbocycles. The molecule has 0 bridgehead atoms. The van der Waals surface area contributed by atoms with E-state index in [9.17, 15) is 25.2 Å². The van der Waals surface area contributed by atoms with E-state index in [0.29, 0.717) is 16.3 Å². The van der Waals surface area contributed by atoms with Crippen molar-refractivity contribution in [1.29, 1.82) is 0 Å². The van der Waals surface area contributed by atoms with Crippen molar-refractivity contribution in [2.24, 2.45) is 0 Å². The molecule has 7 heteroatoms. The first-order valence-electron chi connectivity index (χ1n) is 8.55. The molecule has 0 saturated heterocycles. The summed E-state index contributed by atoms with van der Waals surface area (Å²) < 4.78 is 11.8. The first kappa shape index (κ1) is 16.3. The van der Waals surface area contributed by atoms with E-state index in [1.54, 1.807) is 12.1 Å². The number of aromatic hydroxyl groups is 4. The Balaban J connectivity index is 1.77. The van der Waals surface area contributed by atoms with Crippen LogP contribution in [0.1, 0.15) is 28.4 Å². The monoisotopic (exact) mass is 378 g/mol. The molecule has 0 amide bonds. The van der Waals surface area contributed by atoms with Gasteiger partial charge >= 0.3 is 0 Å². The van der Waals surface area contributed by atoms with Crippen LogP contribution >= 0.6 is 0 Å². The van der Waals surface area contributed by atoms with Crippen molar-refractivity contribution >= 4 is 27.7 Å². The fraction of sp³-hybridized carbons (Fsp3) is 0.0952. The van der Waals surface area contributed by atoms with Crippen molar-refractivity contribution in [1.82, 2.24) is 0 Å². The van der Waals surface area contributed by atoms with Crippen molar-refractivity contribution in [3.63, 3.8) is 0 Å². The summed E-state index contributed by atoms with van der Waals surface area (Å²) in [6, 6.07) is 10.2. The molecule has 0 unspecified atom stereocenters. The molecule has 4 aromatic rings. The number of hydrogen-bond acceptors (Lipinski definition) is 7. The lowest BCUT2D eigenvalue weighted by Crippen LogP contribution is -2.20. The minimum atomic E-state index is -0.610. The Hall–Kier alpha value is -3.87. The summed E-state index contributed by atoms with van der Waals surface area (Å²) in [4.78, 5) is 12.8. The molecule has 0 aliphatic carbocycles. The number of carbonyl (C=O) groups is 1. The van der Waals surface area contributed by atoms with Crippen molar-refractivity contribution in [3.05, 3.63) is 53.6 Å². The van der Waals surface area contributed by atoms with Crippen molar-refractivity contribution in [2.75, 3.05) is 0 Å². The lowest BCUT2D eigenvalue weighted by molar-refractivity contribution is 0.0849. The van der Waals surface area contributed by atoms with Gasteiger partial charge in [-0.3, -0.25) is 4.79 Å². The van der Waals surface area contributed by atoms with E-state index in [4.69, 9.17) is 9.15 Å². The molecule has 5 rings (SSSR count). The molecule has 0 saturated carbocycles. The second-order valence-electron chi connectivity index (χ2n) is 6.74. The van der Waals surface area contributed by atoms with Gasteiger partial charge in [-0.25, -0.2) is 0 Å². The maximum absolute atomic E-state index is 12.8. The summed E-state index contributed by atoms with van der Waals surface area (Å²) in [5, 5.41) is 40.3. The minimum absolute atomic E-state index is 0.0265. The molecule has 0 radical (unpaired) electrons. The fourth-order valence-corrected chi connectivity index (χ4v) is 3.63. The number of Topliss-reactive ketones (excluding diaryl/α,β-unsaturated/α-hetero) is 1. The Morgan fingerprint density at radius 3 is 2.29 bits per heavy atom. The molecule has 0 fully saturated rings. The third-order valence-electron chi connectivity index (χ3n) is 4.97. The Labute approximate surface area is 157 Å². The number of ketones is 1. The van der Waals surface area contributed by atoms with Gasteiger partial charge in [-0.1, -0.05) is 12.1 Å². The summed E-state index contributed by atoms with van der Waals surface area (Å²) in [5.41, 5.74) is 1.29. The van der Waals surface area contributed by atoms with Crippen LogP contribution in [0, 0.1) is 0 Å². The largest absolute Gasteiger partial charge is 0.508 e. The smallest absolute Gasteiger partial charge is 0.174 e. The summed E-state index contributed by atoms with van der Waals surface area (Å²) >= 11 is 0. The highest BCUT2D eigenvalue weighted by atomic mass is 16.5. The maximum atomic E-state index is 12.8. The van der Waals surface area contributed by atoms with Crippen molar-refractivity contribution in [2.45, 2.75) is 12.5 Å². The highest BCUT2D eigenvalue weighted by Gasteiger charge is 2.33. The zero-order valence-corrected chi connectivity index (χ0v) is 14.3. The third-order valence-corrected chi connectivity index (χ3v) is 4.97. The quantitative estimate of drug-likeness (QED) is 0.368. The van der Waals surface area contributed by atoms with Crippen LogP contribution in [-0.4, -0.2) is 26.2 Å². The Bertz CT molecular complexity index is 1270. The summed E-state index contributed by atoms with van der Waals surface area (Å²) in [6.45, 7) is 0. The average molecular weight is 378 g/mol. The predicted molar refractivity (Wildman–Crippen MR) is 99.1 cm³/mol. The lowest BCUT2D eigenvalue weighted by Gasteiger charge is -2.26. The minimum Gasteiger partial charge on any atom is -0.508 e. The van der Waals surface area contributed by atoms with E-state index < -0.39 is 6.10 Å². The molecule has 1 aromatic heterocycles. The van der Waals surface area contributed by atoms with Crippen LogP contribution in [0.15, 0.2) is 46.9 Å². The van der Waals surface area contributed by atoms with Gasteiger partial charge in [0.15, 0.2) is 17.3 Å². The first-order chi connectivity index (χ1) is 13.4. The number of fused-ring (bicyclic) bond motifs is 5. The van der Waals surface area contributed by atoms with Crippen LogP contribution in [0.5, 0.6) is 28.7 Å². The molecular weight excluding hydrogens is 364 g/mol. The molecule has 140 valence electrons. The number of phenols is 4. The molecule has 1 aliphatic heterocycles. The SMILES string of the molecule is O=C1C[C@H](c2ccc(O)cc2)Oc2c1c(O)cc1oc3cc(O)c(O)cc3c21. The molecule has 4 N–H and O–H groups in total. The van der Waals surface area contributed by atoms with Gasteiger partial charge in [0.25, 0.3) is 0 Å². The van der Waals surface area contributed by atoms with E-state index in [2.05, 4.69) is 0 Å². The van der Waals surface area contributed by atoms with Gasteiger partial charge < -0.3 is 29.6 Å². The van der Waals surface area contributed by atoms with Gasteiger partial charge in [0.2, 0.25) is 0 Å².